The summed E-state index contributed by atoms with van der Waals surface area (Å²) in [7, 11) is 0. The molecule has 1 aromatic carbocycles. The van der Waals surface area contributed by atoms with Gasteiger partial charge in [-0.2, -0.15) is 0 Å². The van der Waals surface area contributed by atoms with E-state index in [1.165, 1.54) is 0 Å². The van der Waals surface area contributed by atoms with Crippen LogP contribution in [0.15, 0.2) is 24.3 Å². The number of hydrogen-bond acceptors (Lipinski definition) is 3. The predicted molar refractivity (Wildman–Crippen MR) is 96.6 cm³/mol. The van der Waals surface area contributed by atoms with Crippen LogP contribution in [0.5, 0.6) is 5.75 Å². The van der Waals surface area contributed by atoms with E-state index in [-0.39, 0.29) is 23.8 Å². The second kappa shape index (κ2) is 7.89. The number of amides is 2. The highest BCUT2D eigenvalue weighted by Gasteiger charge is 2.30. The van der Waals surface area contributed by atoms with E-state index >= 15 is 0 Å². The molecule has 2 heterocycles. The minimum Gasteiger partial charge on any atom is -0.491 e. The summed E-state index contributed by atoms with van der Waals surface area (Å²) in [6, 6.07) is 7.53. The van der Waals surface area contributed by atoms with Crippen LogP contribution < -0.4 is 4.74 Å². The van der Waals surface area contributed by atoms with Crippen molar-refractivity contribution in [2.24, 2.45) is 5.92 Å². The van der Waals surface area contributed by atoms with Gasteiger partial charge in [0.2, 0.25) is 5.91 Å². The quantitative estimate of drug-likeness (QED) is 0.825. The smallest absolute Gasteiger partial charge is 0.253 e. The van der Waals surface area contributed by atoms with E-state index in [0.29, 0.717) is 12.2 Å². The number of ether oxygens (including phenoxy) is 1. The molecule has 0 radical (unpaired) electrons. The first kappa shape index (κ1) is 17.8. The molecule has 1 aromatic rings. The molecule has 2 aliphatic heterocycles. The number of benzene rings is 1. The maximum atomic E-state index is 12.3. The molecule has 2 amide bonds. The molecule has 2 fully saturated rings. The normalized spacial score (nSPS) is 20.4. The van der Waals surface area contributed by atoms with E-state index in [0.717, 1.165) is 51.1 Å². The van der Waals surface area contributed by atoms with Gasteiger partial charge in [-0.15, -0.1) is 0 Å². The standard InChI is InChI=1S/C20H28N2O3/c1-15(2)19(23)22-13-5-6-17(22)14-25-18-9-7-16(8-10-18)20(24)21-11-3-4-12-21/h7-10,15,17H,3-6,11-14H2,1-2H3. The number of rotatable bonds is 5. The molecule has 5 heteroatoms. The molecule has 1 atom stereocenters. The largest absolute Gasteiger partial charge is 0.491 e. The Morgan fingerprint density at radius 3 is 2.40 bits per heavy atom. The van der Waals surface area contributed by atoms with E-state index in [4.69, 9.17) is 4.74 Å². The molecule has 5 nitrogen and oxygen atoms in total. The summed E-state index contributed by atoms with van der Waals surface area (Å²) >= 11 is 0. The average Bonchev–Trinajstić information content (AvgIpc) is 3.30. The van der Waals surface area contributed by atoms with Crippen LogP contribution in [0.4, 0.5) is 0 Å². The minimum atomic E-state index is 0.0245. The summed E-state index contributed by atoms with van der Waals surface area (Å²) in [6.07, 6.45) is 4.22. The zero-order chi connectivity index (χ0) is 17.8. The Bertz CT molecular complexity index is 606. The van der Waals surface area contributed by atoms with Crippen molar-refractivity contribution in [3.63, 3.8) is 0 Å². The van der Waals surface area contributed by atoms with Crippen LogP contribution in [0.25, 0.3) is 0 Å². The Balaban J connectivity index is 1.55. The van der Waals surface area contributed by atoms with E-state index < -0.39 is 0 Å². The van der Waals surface area contributed by atoms with Crippen LogP contribution in [-0.4, -0.2) is 53.9 Å². The second-order valence-corrected chi connectivity index (χ2v) is 7.32. The highest BCUT2D eigenvalue weighted by Crippen LogP contribution is 2.22. The van der Waals surface area contributed by atoms with Crippen molar-refractivity contribution in [1.82, 2.24) is 9.80 Å². The molecule has 25 heavy (non-hydrogen) atoms. The number of carbonyl (C=O) groups excluding carboxylic acids is 2. The fraction of sp³-hybridized carbons (Fsp3) is 0.600. The van der Waals surface area contributed by atoms with Gasteiger partial charge in [0.1, 0.15) is 12.4 Å². The van der Waals surface area contributed by atoms with E-state index in [2.05, 4.69) is 0 Å². The summed E-state index contributed by atoms with van der Waals surface area (Å²) in [5.74, 6) is 1.09. The number of likely N-dealkylation sites (tertiary alicyclic amines) is 2. The molecule has 2 saturated heterocycles. The van der Waals surface area contributed by atoms with Gasteiger partial charge in [0.05, 0.1) is 6.04 Å². The van der Waals surface area contributed by atoms with Crippen molar-refractivity contribution >= 4 is 11.8 Å². The van der Waals surface area contributed by atoms with Crippen LogP contribution in [0.2, 0.25) is 0 Å². The minimum absolute atomic E-state index is 0.0245. The molecule has 0 saturated carbocycles. The third kappa shape index (κ3) is 4.14. The van der Waals surface area contributed by atoms with E-state index in [1.54, 1.807) is 0 Å². The molecule has 2 aliphatic rings. The maximum Gasteiger partial charge on any atom is 0.253 e. The third-order valence-electron chi connectivity index (χ3n) is 5.09. The van der Waals surface area contributed by atoms with Gasteiger partial charge < -0.3 is 14.5 Å². The Morgan fingerprint density at radius 2 is 1.76 bits per heavy atom. The summed E-state index contributed by atoms with van der Waals surface area (Å²) in [4.78, 5) is 28.4. The number of hydrogen-bond donors (Lipinski definition) is 0. The number of carbonyl (C=O) groups is 2. The van der Waals surface area contributed by atoms with Crippen molar-refractivity contribution in [3.8, 4) is 5.75 Å². The fourth-order valence-electron chi connectivity index (χ4n) is 3.62. The molecular formula is C20H28N2O3. The highest BCUT2D eigenvalue weighted by molar-refractivity contribution is 5.94. The predicted octanol–water partition coefficient (Wildman–Crippen LogP) is 2.95. The van der Waals surface area contributed by atoms with Crippen molar-refractivity contribution in [2.45, 2.75) is 45.6 Å². The monoisotopic (exact) mass is 344 g/mol. The maximum absolute atomic E-state index is 12.3. The summed E-state index contributed by atoms with van der Waals surface area (Å²) in [5.41, 5.74) is 0.715. The molecule has 0 spiro atoms. The van der Waals surface area contributed by atoms with Crippen LogP contribution in [-0.2, 0) is 4.79 Å². The Hall–Kier alpha value is -2.04. The van der Waals surface area contributed by atoms with Gasteiger partial charge in [0.25, 0.3) is 5.91 Å². The molecule has 3 rings (SSSR count). The first-order chi connectivity index (χ1) is 12.1. The van der Waals surface area contributed by atoms with Gasteiger partial charge in [0.15, 0.2) is 0 Å². The first-order valence-electron chi connectivity index (χ1n) is 9.39. The van der Waals surface area contributed by atoms with Gasteiger partial charge in [0, 0.05) is 31.1 Å². The molecule has 0 aromatic heterocycles. The zero-order valence-corrected chi connectivity index (χ0v) is 15.2. The average molecular weight is 344 g/mol. The van der Waals surface area contributed by atoms with Gasteiger partial charge >= 0.3 is 0 Å². The lowest BCUT2D eigenvalue weighted by Gasteiger charge is -2.26. The van der Waals surface area contributed by atoms with Crippen LogP contribution in [0.1, 0.15) is 49.9 Å². The lowest BCUT2D eigenvalue weighted by Crippen LogP contribution is -2.41. The lowest BCUT2D eigenvalue weighted by molar-refractivity contribution is -0.135. The molecule has 1 unspecified atom stereocenters. The van der Waals surface area contributed by atoms with Crippen LogP contribution in [0.3, 0.4) is 0 Å². The van der Waals surface area contributed by atoms with Crippen LogP contribution in [0, 0.1) is 5.92 Å². The molecule has 136 valence electrons. The topological polar surface area (TPSA) is 49.9 Å². The number of nitrogens with zero attached hydrogens (tertiary/aromatic N) is 2. The fourth-order valence-corrected chi connectivity index (χ4v) is 3.62. The molecule has 0 bridgehead atoms. The zero-order valence-electron chi connectivity index (χ0n) is 15.2. The van der Waals surface area contributed by atoms with Crippen LogP contribution >= 0.6 is 0 Å². The Labute approximate surface area is 149 Å². The molecule has 0 N–H and O–H groups in total. The van der Waals surface area contributed by atoms with E-state index in [1.807, 2.05) is 47.9 Å². The SMILES string of the molecule is CC(C)C(=O)N1CCCC1COc1ccc(C(=O)N2CCCC2)cc1. The van der Waals surface area contributed by atoms with E-state index in [9.17, 15) is 9.59 Å². The summed E-state index contributed by atoms with van der Waals surface area (Å²) in [5, 5.41) is 0. The van der Waals surface area contributed by atoms with Gasteiger partial charge in [-0.1, -0.05) is 13.8 Å². The summed E-state index contributed by atoms with van der Waals surface area (Å²) < 4.78 is 5.89. The molecule has 0 aliphatic carbocycles. The third-order valence-corrected chi connectivity index (χ3v) is 5.09. The Kier molecular flexibility index (Phi) is 5.61. The van der Waals surface area contributed by atoms with Crippen molar-refractivity contribution in [2.75, 3.05) is 26.2 Å². The van der Waals surface area contributed by atoms with Crippen molar-refractivity contribution < 1.29 is 14.3 Å². The second-order valence-electron chi connectivity index (χ2n) is 7.32. The molecular weight excluding hydrogens is 316 g/mol. The van der Waals surface area contributed by atoms with Crippen molar-refractivity contribution in [1.29, 1.82) is 0 Å². The van der Waals surface area contributed by atoms with Crippen molar-refractivity contribution in [3.05, 3.63) is 29.8 Å². The van der Waals surface area contributed by atoms with Gasteiger partial charge in [-0.3, -0.25) is 9.59 Å². The highest BCUT2D eigenvalue weighted by atomic mass is 16.5. The Morgan fingerprint density at radius 1 is 1.08 bits per heavy atom. The van der Waals surface area contributed by atoms with Gasteiger partial charge in [-0.05, 0) is 49.9 Å². The lowest BCUT2D eigenvalue weighted by atomic mass is 10.1. The summed E-state index contributed by atoms with van der Waals surface area (Å²) in [6.45, 7) is 6.94. The van der Waals surface area contributed by atoms with Gasteiger partial charge in [-0.25, -0.2) is 0 Å². The first-order valence-corrected chi connectivity index (χ1v) is 9.39.